The second-order valence-corrected chi connectivity index (χ2v) is 15.0. The normalized spacial score (nSPS) is 20.4. The number of hydrogen-bond acceptors (Lipinski definition) is 11. The molecule has 3 aromatic carbocycles. The quantitative estimate of drug-likeness (QED) is 0.0877. The van der Waals surface area contributed by atoms with E-state index in [2.05, 4.69) is 16.7 Å². The van der Waals surface area contributed by atoms with Crippen molar-refractivity contribution in [1.29, 1.82) is 5.26 Å². The van der Waals surface area contributed by atoms with Gasteiger partial charge in [0.15, 0.2) is 0 Å². The minimum atomic E-state index is -1.87. The molecule has 302 valence electrons. The molecule has 0 radical (unpaired) electrons. The Bertz CT molecular complexity index is 1940. The van der Waals surface area contributed by atoms with Crippen LogP contribution in [0.4, 0.5) is 19.3 Å². The molecule has 0 bridgehead atoms. The van der Waals surface area contributed by atoms with Gasteiger partial charge >= 0.3 is 12.1 Å². The topological polar surface area (TPSA) is 154 Å². The molecule has 2 unspecified atom stereocenters. The lowest BCUT2D eigenvalue weighted by Crippen LogP contribution is -2.50. The minimum absolute atomic E-state index is 0.0196. The van der Waals surface area contributed by atoms with E-state index in [1.807, 2.05) is 27.7 Å². The Morgan fingerprint density at radius 3 is 2.34 bits per heavy atom. The average Bonchev–Trinajstić information content (AvgIpc) is 3.49. The zero-order valence-corrected chi connectivity index (χ0v) is 33.6. The van der Waals surface area contributed by atoms with Crippen molar-refractivity contribution < 1.29 is 51.6 Å². The van der Waals surface area contributed by atoms with Crippen molar-refractivity contribution in [3.8, 4) is 11.8 Å². The molecule has 1 aliphatic rings. The number of nitrogens with one attached hydrogen (secondary N) is 2. The number of amides is 1. The Morgan fingerprint density at radius 2 is 1.70 bits per heavy atom. The zero-order chi connectivity index (χ0) is 41.4. The molecule has 0 aromatic heterocycles. The Morgan fingerprint density at radius 1 is 0.982 bits per heavy atom. The first-order chi connectivity index (χ1) is 26.5. The highest BCUT2D eigenvalue weighted by Crippen LogP contribution is 2.54. The highest BCUT2D eigenvalue weighted by Gasteiger charge is 2.63. The SMILES string of the molecule is COCCOCCOC(=O)OC(C)OC(=O)c1ccc(NC(=O)[C@@H]2N[C@@H](C(C)C(C)(C)C)[C@](C#N)(c3ccc(Cl)cc3F)[C@H]2c2cccc(Cl)c2F)c(OC)c1. The summed E-state index contributed by atoms with van der Waals surface area (Å²) in [6, 6.07) is 12.3. The van der Waals surface area contributed by atoms with Crippen molar-refractivity contribution in [1.82, 2.24) is 5.32 Å². The van der Waals surface area contributed by atoms with Crippen molar-refractivity contribution >= 4 is 46.9 Å². The van der Waals surface area contributed by atoms with Crippen LogP contribution in [0.25, 0.3) is 0 Å². The van der Waals surface area contributed by atoms with Gasteiger partial charge in [0.25, 0.3) is 0 Å². The summed E-state index contributed by atoms with van der Waals surface area (Å²) >= 11 is 12.4. The van der Waals surface area contributed by atoms with Crippen LogP contribution in [0.3, 0.4) is 0 Å². The molecule has 2 N–H and O–H groups in total. The highest BCUT2D eigenvalue weighted by molar-refractivity contribution is 6.31. The lowest BCUT2D eigenvalue weighted by atomic mass is 9.60. The van der Waals surface area contributed by atoms with Gasteiger partial charge in [-0.1, -0.05) is 69.1 Å². The van der Waals surface area contributed by atoms with Gasteiger partial charge in [-0.2, -0.15) is 5.26 Å². The molecule has 16 heteroatoms. The van der Waals surface area contributed by atoms with E-state index in [0.29, 0.717) is 13.2 Å². The number of methoxy groups -OCH3 is 2. The first-order valence-electron chi connectivity index (χ1n) is 17.7. The van der Waals surface area contributed by atoms with Gasteiger partial charge in [0.2, 0.25) is 12.2 Å². The van der Waals surface area contributed by atoms with Crippen LogP contribution in [-0.2, 0) is 33.9 Å². The van der Waals surface area contributed by atoms with E-state index in [-0.39, 0.29) is 51.4 Å². The summed E-state index contributed by atoms with van der Waals surface area (Å²) < 4.78 is 62.9. The summed E-state index contributed by atoms with van der Waals surface area (Å²) in [5, 5.41) is 17.1. The van der Waals surface area contributed by atoms with E-state index in [9.17, 15) is 19.6 Å². The number of nitrogens with zero attached hydrogens (tertiary/aromatic N) is 1. The average molecular weight is 821 g/mol. The molecule has 56 heavy (non-hydrogen) atoms. The molecule has 1 fully saturated rings. The van der Waals surface area contributed by atoms with Crippen LogP contribution in [0.1, 0.15) is 62.0 Å². The molecule has 0 saturated carbocycles. The molecule has 1 amide bonds. The van der Waals surface area contributed by atoms with E-state index < -0.39 is 70.7 Å². The van der Waals surface area contributed by atoms with Crippen LogP contribution < -0.4 is 15.4 Å². The number of benzene rings is 3. The summed E-state index contributed by atoms with van der Waals surface area (Å²) in [6.45, 7) is 9.75. The van der Waals surface area contributed by atoms with Gasteiger partial charge in [-0.3, -0.25) is 4.79 Å². The molecule has 12 nitrogen and oxygen atoms in total. The van der Waals surface area contributed by atoms with E-state index in [1.165, 1.54) is 69.7 Å². The first kappa shape index (κ1) is 44.2. The zero-order valence-electron chi connectivity index (χ0n) is 32.0. The summed E-state index contributed by atoms with van der Waals surface area (Å²) in [6.07, 6.45) is -2.41. The van der Waals surface area contributed by atoms with E-state index in [4.69, 9.17) is 51.6 Å². The molecular formula is C40H45Cl2F2N3O9. The number of carbonyl (C=O) groups excluding carboxylic acids is 3. The molecule has 0 aliphatic carbocycles. The number of esters is 1. The molecule has 6 atom stereocenters. The smallest absolute Gasteiger partial charge is 0.495 e. The van der Waals surface area contributed by atoms with Gasteiger partial charge in [-0.05, 0) is 53.3 Å². The van der Waals surface area contributed by atoms with Crippen LogP contribution in [-0.4, -0.2) is 77.1 Å². The molecule has 3 aromatic rings. The summed E-state index contributed by atoms with van der Waals surface area (Å²) in [5.74, 6) is -4.96. The number of nitriles is 1. The Labute approximate surface area is 334 Å². The number of carbonyl (C=O) groups is 3. The fourth-order valence-electron chi connectivity index (χ4n) is 6.66. The largest absolute Gasteiger partial charge is 0.511 e. The van der Waals surface area contributed by atoms with E-state index >= 15 is 8.78 Å². The van der Waals surface area contributed by atoms with Gasteiger partial charge in [0.05, 0.1) is 55.3 Å². The molecule has 1 aliphatic heterocycles. The van der Waals surface area contributed by atoms with Crippen LogP contribution in [0.5, 0.6) is 5.75 Å². The van der Waals surface area contributed by atoms with Crippen LogP contribution in [0, 0.1) is 34.3 Å². The predicted octanol–water partition coefficient (Wildman–Crippen LogP) is 7.81. The van der Waals surface area contributed by atoms with Gasteiger partial charge in [-0.15, -0.1) is 0 Å². The first-order valence-corrected chi connectivity index (χ1v) is 18.4. The second-order valence-electron chi connectivity index (χ2n) is 14.2. The Hall–Kier alpha value is -4.52. The second kappa shape index (κ2) is 19.1. The third kappa shape index (κ3) is 9.88. The van der Waals surface area contributed by atoms with Crippen LogP contribution in [0.2, 0.25) is 10.0 Å². The van der Waals surface area contributed by atoms with Crippen molar-refractivity contribution in [2.24, 2.45) is 11.3 Å². The maximum absolute atomic E-state index is 16.1. The number of hydrogen-bond donors (Lipinski definition) is 2. The molecule has 1 heterocycles. The van der Waals surface area contributed by atoms with Crippen molar-refractivity contribution in [3.05, 3.63) is 93.0 Å². The van der Waals surface area contributed by atoms with Gasteiger partial charge in [-0.25, -0.2) is 18.4 Å². The number of anilines is 1. The predicted molar refractivity (Wildman–Crippen MR) is 204 cm³/mol. The Balaban J connectivity index is 1.65. The minimum Gasteiger partial charge on any atom is -0.495 e. The molecule has 4 rings (SSSR count). The van der Waals surface area contributed by atoms with Crippen molar-refractivity contribution in [2.45, 2.75) is 64.3 Å². The number of rotatable bonds is 15. The molecule has 1 saturated heterocycles. The molecule has 0 spiro atoms. The van der Waals surface area contributed by atoms with Crippen LogP contribution in [0.15, 0.2) is 54.6 Å². The Kier molecular flexibility index (Phi) is 15.1. The van der Waals surface area contributed by atoms with Crippen molar-refractivity contribution in [3.63, 3.8) is 0 Å². The maximum Gasteiger partial charge on any atom is 0.511 e. The van der Waals surface area contributed by atoms with Gasteiger partial charge < -0.3 is 39.1 Å². The fourth-order valence-corrected chi connectivity index (χ4v) is 7.00. The third-order valence-electron chi connectivity index (χ3n) is 9.81. The van der Waals surface area contributed by atoms with E-state index in [0.717, 1.165) is 6.07 Å². The number of ether oxygens (including phenoxy) is 6. The summed E-state index contributed by atoms with van der Waals surface area (Å²) in [7, 11) is 2.84. The molecular weight excluding hydrogens is 775 g/mol. The van der Waals surface area contributed by atoms with Crippen LogP contribution >= 0.6 is 23.2 Å². The summed E-state index contributed by atoms with van der Waals surface area (Å²) in [4.78, 5) is 39.5. The lowest BCUT2D eigenvalue weighted by molar-refractivity contribution is -0.118. The van der Waals surface area contributed by atoms with Crippen molar-refractivity contribution in [2.75, 3.05) is 46.0 Å². The number of halogens is 4. The van der Waals surface area contributed by atoms with Gasteiger partial charge in [0.1, 0.15) is 29.4 Å². The summed E-state index contributed by atoms with van der Waals surface area (Å²) in [5.41, 5.74) is -2.42. The lowest BCUT2D eigenvalue weighted by Gasteiger charge is -2.41. The monoisotopic (exact) mass is 819 g/mol. The van der Waals surface area contributed by atoms with E-state index in [1.54, 1.807) is 0 Å². The third-order valence-corrected chi connectivity index (χ3v) is 10.3. The van der Waals surface area contributed by atoms with Gasteiger partial charge in [0, 0.05) is 36.6 Å². The maximum atomic E-state index is 16.1. The standard InChI is InChI=1S/C40H45Cl2F2N3O9/c1-22(39(3,4)5)35-40(21-45,27-13-12-25(41)20-29(27)43)32(26-9-8-10-28(42)33(26)44)34(47-35)36(48)46-30-14-11-24(19-31(30)52-7)37(49)55-23(2)56-38(50)54-18-17-53-16-15-51-6/h8-14,19-20,22-23,32,34-35,47H,15-18H2,1-7H3,(H,46,48)/t22?,23?,32-,34+,35-,40+/m0/s1. The highest BCUT2D eigenvalue weighted by atomic mass is 35.5. The fraction of sp³-hybridized carbons (Fsp3) is 0.450.